The Bertz CT molecular complexity index is 563. The number of rotatable bonds is 2. The standard InChI is InChI=1S/C15H17N3/c1-10-14-12(16-2)8-9-13(14)18-15(17-10)11-6-4-3-5-7-11/h3-7,12,16H,8-9H2,1-2H3. The van der Waals surface area contributed by atoms with Crippen LogP contribution in [0.15, 0.2) is 30.3 Å². The van der Waals surface area contributed by atoms with Crippen molar-refractivity contribution in [1.82, 2.24) is 15.3 Å². The van der Waals surface area contributed by atoms with Crippen molar-refractivity contribution in [3.63, 3.8) is 0 Å². The molecule has 3 heteroatoms. The summed E-state index contributed by atoms with van der Waals surface area (Å²) in [5, 5.41) is 3.34. The summed E-state index contributed by atoms with van der Waals surface area (Å²) in [5.41, 5.74) is 4.71. The molecule has 1 N–H and O–H groups in total. The Kier molecular flexibility index (Phi) is 2.84. The van der Waals surface area contributed by atoms with E-state index in [0.29, 0.717) is 6.04 Å². The second-order valence-electron chi connectivity index (χ2n) is 4.74. The Morgan fingerprint density at radius 2 is 1.94 bits per heavy atom. The van der Waals surface area contributed by atoms with Gasteiger partial charge in [-0.3, -0.25) is 0 Å². The van der Waals surface area contributed by atoms with Crippen LogP contribution >= 0.6 is 0 Å². The number of benzene rings is 1. The van der Waals surface area contributed by atoms with Gasteiger partial charge in [-0.05, 0) is 26.8 Å². The maximum absolute atomic E-state index is 4.73. The molecule has 1 aliphatic rings. The van der Waals surface area contributed by atoms with Gasteiger partial charge >= 0.3 is 0 Å². The largest absolute Gasteiger partial charge is 0.313 e. The van der Waals surface area contributed by atoms with E-state index in [1.165, 1.54) is 11.3 Å². The first-order valence-electron chi connectivity index (χ1n) is 6.39. The van der Waals surface area contributed by atoms with Crippen molar-refractivity contribution in [2.45, 2.75) is 25.8 Å². The highest BCUT2D eigenvalue weighted by Crippen LogP contribution is 2.32. The van der Waals surface area contributed by atoms with Crippen LogP contribution < -0.4 is 5.32 Å². The lowest BCUT2D eigenvalue weighted by Crippen LogP contribution is -2.15. The van der Waals surface area contributed by atoms with E-state index in [1.807, 2.05) is 25.2 Å². The zero-order chi connectivity index (χ0) is 12.5. The normalized spacial score (nSPS) is 17.8. The second-order valence-corrected chi connectivity index (χ2v) is 4.74. The van der Waals surface area contributed by atoms with Crippen molar-refractivity contribution in [2.75, 3.05) is 7.05 Å². The van der Waals surface area contributed by atoms with Crippen LogP contribution in [0.4, 0.5) is 0 Å². The van der Waals surface area contributed by atoms with Gasteiger partial charge in [0.1, 0.15) is 0 Å². The highest BCUT2D eigenvalue weighted by atomic mass is 14.9. The molecule has 0 bridgehead atoms. The average molecular weight is 239 g/mol. The Morgan fingerprint density at radius 3 is 2.67 bits per heavy atom. The molecule has 0 radical (unpaired) electrons. The third-order valence-corrected chi connectivity index (χ3v) is 3.61. The molecule has 1 atom stereocenters. The maximum Gasteiger partial charge on any atom is 0.159 e. The third-order valence-electron chi connectivity index (χ3n) is 3.61. The second kappa shape index (κ2) is 4.50. The maximum atomic E-state index is 4.73. The molecular formula is C15H17N3. The highest BCUT2D eigenvalue weighted by molar-refractivity contribution is 5.56. The zero-order valence-corrected chi connectivity index (χ0v) is 10.8. The van der Waals surface area contributed by atoms with Gasteiger partial charge < -0.3 is 5.32 Å². The van der Waals surface area contributed by atoms with Crippen LogP contribution in [-0.2, 0) is 6.42 Å². The minimum atomic E-state index is 0.421. The smallest absolute Gasteiger partial charge is 0.159 e. The lowest BCUT2D eigenvalue weighted by molar-refractivity contribution is 0.586. The molecule has 1 aliphatic carbocycles. The Balaban J connectivity index is 2.09. The van der Waals surface area contributed by atoms with Crippen molar-refractivity contribution < 1.29 is 0 Å². The van der Waals surface area contributed by atoms with Gasteiger partial charge in [-0.15, -0.1) is 0 Å². The number of nitrogens with zero attached hydrogens (tertiary/aromatic N) is 2. The van der Waals surface area contributed by atoms with Gasteiger partial charge in [-0.2, -0.15) is 0 Å². The Morgan fingerprint density at radius 1 is 1.17 bits per heavy atom. The van der Waals surface area contributed by atoms with E-state index in [2.05, 4.69) is 29.4 Å². The molecule has 0 aliphatic heterocycles. The quantitative estimate of drug-likeness (QED) is 0.875. The van der Waals surface area contributed by atoms with Crippen LogP contribution in [0.1, 0.15) is 29.4 Å². The van der Waals surface area contributed by atoms with E-state index in [9.17, 15) is 0 Å². The van der Waals surface area contributed by atoms with E-state index in [4.69, 9.17) is 4.98 Å². The lowest BCUT2D eigenvalue weighted by Gasteiger charge is -2.12. The monoisotopic (exact) mass is 239 g/mol. The van der Waals surface area contributed by atoms with Crippen LogP contribution in [0.5, 0.6) is 0 Å². The predicted molar refractivity (Wildman–Crippen MR) is 72.3 cm³/mol. The van der Waals surface area contributed by atoms with E-state index < -0.39 is 0 Å². The molecular weight excluding hydrogens is 222 g/mol. The molecule has 1 heterocycles. The average Bonchev–Trinajstić information content (AvgIpc) is 2.83. The Hall–Kier alpha value is -1.74. The summed E-state index contributed by atoms with van der Waals surface area (Å²) in [5.74, 6) is 0.851. The molecule has 0 saturated carbocycles. The summed E-state index contributed by atoms with van der Waals surface area (Å²) in [6, 6.07) is 10.6. The molecule has 2 aromatic rings. The summed E-state index contributed by atoms with van der Waals surface area (Å²) in [4.78, 5) is 9.39. The minimum Gasteiger partial charge on any atom is -0.313 e. The van der Waals surface area contributed by atoms with Gasteiger partial charge in [0.25, 0.3) is 0 Å². The van der Waals surface area contributed by atoms with Gasteiger partial charge in [0, 0.05) is 28.6 Å². The van der Waals surface area contributed by atoms with Gasteiger partial charge in [0.2, 0.25) is 0 Å². The van der Waals surface area contributed by atoms with E-state index in [1.54, 1.807) is 0 Å². The van der Waals surface area contributed by atoms with Crippen molar-refractivity contribution in [2.24, 2.45) is 0 Å². The fourth-order valence-corrected chi connectivity index (χ4v) is 2.72. The first-order valence-corrected chi connectivity index (χ1v) is 6.39. The molecule has 1 unspecified atom stereocenters. The summed E-state index contributed by atoms with van der Waals surface area (Å²) in [6.07, 6.45) is 2.17. The molecule has 0 saturated heterocycles. The van der Waals surface area contributed by atoms with Crippen molar-refractivity contribution in [3.8, 4) is 11.4 Å². The number of hydrogen-bond acceptors (Lipinski definition) is 3. The van der Waals surface area contributed by atoms with Gasteiger partial charge in [-0.1, -0.05) is 30.3 Å². The number of fused-ring (bicyclic) bond motifs is 1. The number of aryl methyl sites for hydroxylation is 2. The molecule has 92 valence electrons. The SMILES string of the molecule is CNC1CCc2nc(-c3ccccc3)nc(C)c21. The van der Waals surface area contributed by atoms with Gasteiger partial charge in [0.15, 0.2) is 5.82 Å². The molecule has 0 fully saturated rings. The van der Waals surface area contributed by atoms with Gasteiger partial charge in [-0.25, -0.2) is 9.97 Å². The van der Waals surface area contributed by atoms with E-state index in [0.717, 1.165) is 29.9 Å². The summed E-state index contributed by atoms with van der Waals surface area (Å²) in [7, 11) is 2.00. The van der Waals surface area contributed by atoms with Crippen LogP contribution in [-0.4, -0.2) is 17.0 Å². The van der Waals surface area contributed by atoms with Crippen molar-refractivity contribution in [3.05, 3.63) is 47.3 Å². The summed E-state index contributed by atoms with van der Waals surface area (Å²) < 4.78 is 0. The third kappa shape index (κ3) is 1.81. The number of hydrogen-bond donors (Lipinski definition) is 1. The number of nitrogens with one attached hydrogen (secondary N) is 1. The molecule has 0 amide bonds. The molecule has 1 aromatic carbocycles. The fraction of sp³-hybridized carbons (Fsp3) is 0.333. The van der Waals surface area contributed by atoms with Crippen LogP contribution in [0, 0.1) is 6.92 Å². The van der Waals surface area contributed by atoms with E-state index in [-0.39, 0.29) is 0 Å². The van der Waals surface area contributed by atoms with Crippen molar-refractivity contribution >= 4 is 0 Å². The predicted octanol–water partition coefficient (Wildman–Crippen LogP) is 2.66. The van der Waals surface area contributed by atoms with Crippen LogP contribution in [0.25, 0.3) is 11.4 Å². The number of aromatic nitrogens is 2. The van der Waals surface area contributed by atoms with Crippen LogP contribution in [0.2, 0.25) is 0 Å². The topological polar surface area (TPSA) is 37.8 Å². The van der Waals surface area contributed by atoms with Crippen molar-refractivity contribution in [1.29, 1.82) is 0 Å². The summed E-state index contributed by atoms with van der Waals surface area (Å²) >= 11 is 0. The first-order chi connectivity index (χ1) is 8.79. The van der Waals surface area contributed by atoms with Crippen LogP contribution in [0.3, 0.4) is 0 Å². The minimum absolute atomic E-state index is 0.421. The molecule has 3 rings (SSSR count). The summed E-state index contributed by atoms with van der Waals surface area (Å²) in [6.45, 7) is 2.09. The fourth-order valence-electron chi connectivity index (χ4n) is 2.72. The molecule has 1 aromatic heterocycles. The highest BCUT2D eigenvalue weighted by Gasteiger charge is 2.25. The molecule has 3 nitrogen and oxygen atoms in total. The van der Waals surface area contributed by atoms with E-state index >= 15 is 0 Å². The Labute approximate surface area is 107 Å². The molecule has 18 heavy (non-hydrogen) atoms. The zero-order valence-electron chi connectivity index (χ0n) is 10.8. The lowest BCUT2D eigenvalue weighted by atomic mass is 10.1. The first kappa shape index (κ1) is 11.4. The van der Waals surface area contributed by atoms with Gasteiger partial charge in [0.05, 0.1) is 0 Å². The molecule has 0 spiro atoms.